The van der Waals surface area contributed by atoms with Gasteiger partial charge in [0.2, 0.25) is 11.8 Å². The second kappa shape index (κ2) is 6.70. The Kier molecular flexibility index (Phi) is 4.38. The molecule has 7 heteroatoms. The van der Waals surface area contributed by atoms with Gasteiger partial charge in [-0.05, 0) is 43.3 Å². The third kappa shape index (κ3) is 3.30. The second-order valence-corrected chi connectivity index (χ2v) is 7.96. The summed E-state index contributed by atoms with van der Waals surface area (Å²) in [6.45, 7) is 2.32. The van der Waals surface area contributed by atoms with Gasteiger partial charge < -0.3 is 10.2 Å². The van der Waals surface area contributed by atoms with E-state index in [1.807, 2.05) is 25.1 Å². The van der Waals surface area contributed by atoms with Gasteiger partial charge in [0, 0.05) is 29.4 Å². The van der Waals surface area contributed by atoms with Crippen molar-refractivity contribution in [2.24, 2.45) is 5.92 Å². The molecule has 1 saturated heterocycles. The molecular formula is C19H16ClN3O2S. The normalized spacial score (nSPS) is 17.1. The summed E-state index contributed by atoms with van der Waals surface area (Å²) in [4.78, 5) is 31.1. The molecule has 0 spiro atoms. The van der Waals surface area contributed by atoms with Crippen LogP contribution in [0.1, 0.15) is 11.4 Å². The first-order chi connectivity index (χ1) is 12.5. The maximum absolute atomic E-state index is 12.5. The van der Waals surface area contributed by atoms with Gasteiger partial charge in [0.05, 0.1) is 21.1 Å². The predicted octanol–water partition coefficient (Wildman–Crippen LogP) is 4.25. The van der Waals surface area contributed by atoms with Crippen molar-refractivity contribution < 1.29 is 9.59 Å². The van der Waals surface area contributed by atoms with Crippen LogP contribution in [0.3, 0.4) is 0 Å². The molecule has 4 rings (SSSR count). The Bertz CT molecular complexity index is 1020. The molecular weight excluding hydrogens is 370 g/mol. The largest absolute Gasteiger partial charge is 0.326 e. The van der Waals surface area contributed by atoms with E-state index >= 15 is 0 Å². The van der Waals surface area contributed by atoms with Crippen molar-refractivity contribution in [2.75, 3.05) is 16.8 Å². The number of aryl methyl sites for hydroxylation is 1. The number of hydrogen-bond acceptors (Lipinski definition) is 4. The summed E-state index contributed by atoms with van der Waals surface area (Å²) in [5.41, 5.74) is 2.29. The number of anilines is 2. The molecule has 1 aromatic heterocycles. The lowest BCUT2D eigenvalue weighted by atomic mass is 10.1. The lowest BCUT2D eigenvalue weighted by Crippen LogP contribution is -2.28. The van der Waals surface area contributed by atoms with Crippen LogP contribution in [0, 0.1) is 12.8 Å². The van der Waals surface area contributed by atoms with E-state index in [1.54, 1.807) is 40.5 Å². The standard InChI is InChI=1S/C19H16ClN3O2S/c1-11-21-16-9-15(5-6-17(16)26-11)23-10-12(7-18(23)24)19(25)22-14-4-2-3-13(20)8-14/h2-6,8-9,12H,7,10H2,1H3,(H,22,25). The molecule has 1 aliphatic heterocycles. The SMILES string of the molecule is Cc1nc2cc(N3CC(C(=O)Nc4cccc(Cl)c4)CC3=O)ccc2s1. The summed E-state index contributed by atoms with van der Waals surface area (Å²) in [5.74, 6) is -0.620. The van der Waals surface area contributed by atoms with Crippen LogP contribution in [-0.4, -0.2) is 23.3 Å². The fraction of sp³-hybridized carbons (Fsp3) is 0.211. The molecule has 2 heterocycles. The quantitative estimate of drug-likeness (QED) is 0.733. The molecule has 2 amide bonds. The van der Waals surface area contributed by atoms with Gasteiger partial charge in [0.15, 0.2) is 0 Å². The molecule has 5 nitrogen and oxygen atoms in total. The number of hydrogen-bond donors (Lipinski definition) is 1. The average molecular weight is 386 g/mol. The number of nitrogens with one attached hydrogen (secondary N) is 1. The van der Waals surface area contributed by atoms with E-state index in [2.05, 4.69) is 10.3 Å². The highest BCUT2D eigenvalue weighted by Gasteiger charge is 2.35. The van der Waals surface area contributed by atoms with Gasteiger partial charge in [0.1, 0.15) is 0 Å². The molecule has 1 atom stereocenters. The number of fused-ring (bicyclic) bond motifs is 1. The zero-order valence-corrected chi connectivity index (χ0v) is 15.6. The number of carbonyl (C=O) groups excluding carboxylic acids is 2. The number of benzene rings is 2. The molecule has 1 aliphatic rings. The summed E-state index contributed by atoms with van der Waals surface area (Å²) < 4.78 is 1.09. The van der Waals surface area contributed by atoms with Crippen LogP contribution in [0.5, 0.6) is 0 Å². The number of aromatic nitrogens is 1. The van der Waals surface area contributed by atoms with E-state index in [0.717, 1.165) is 20.9 Å². The summed E-state index contributed by atoms with van der Waals surface area (Å²) in [6, 6.07) is 12.8. The molecule has 0 radical (unpaired) electrons. The maximum Gasteiger partial charge on any atom is 0.229 e. The second-order valence-electron chi connectivity index (χ2n) is 6.29. The molecule has 2 aromatic carbocycles. The van der Waals surface area contributed by atoms with Crippen molar-refractivity contribution in [3.8, 4) is 0 Å². The van der Waals surface area contributed by atoms with Gasteiger partial charge in [-0.2, -0.15) is 0 Å². The number of amides is 2. The monoisotopic (exact) mass is 385 g/mol. The molecule has 1 fully saturated rings. The molecule has 0 bridgehead atoms. The minimum atomic E-state index is -0.394. The molecule has 1 N–H and O–H groups in total. The van der Waals surface area contributed by atoms with E-state index in [9.17, 15) is 9.59 Å². The van der Waals surface area contributed by atoms with Gasteiger partial charge in [0.25, 0.3) is 0 Å². The fourth-order valence-corrected chi connectivity index (χ4v) is 4.14. The number of carbonyl (C=O) groups is 2. The van der Waals surface area contributed by atoms with Gasteiger partial charge in [-0.3, -0.25) is 9.59 Å². The van der Waals surface area contributed by atoms with Crippen molar-refractivity contribution in [2.45, 2.75) is 13.3 Å². The Morgan fingerprint density at radius 1 is 1.31 bits per heavy atom. The van der Waals surface area contributed by atoms with Crippen LogP contribution >= 0.6 is 22.9 Å². The highest BCUT2D eigenvalue weighted by molar-refractivity contribution is 7.18. The van der Waals surface area contributed by atoms with Crippen LogP contribution in [0.2, 0.25) is 5.02 Å². The van der Waals surface area contributed by atoms with Crippen molar-refractivity contribution in [3.63, 3.8) is 0 Å². The van der Waals surface area contributed by atoms with Crippen LogP contribution < -0.4 is 10.2 Å². The summed E-state index contributed by atoms with van der Waals surface area (Å²) in [7, 11) is 0. The molecule has 132 valence electrons. The smallest absolute Gasteiger partial charge is 0.229 e. The third-order valence-electron chi connectivity index (χ3n) is 4.38. The predicted molar refractivity (Wildman–Crippen MR) is 105 cm³/mol. The van der Waals surface area contributed by atoms with Gasteiger partial charge in [-0.25, -0.2) is 4.98 Å². The van der Waals surface area contributed by atoms with Crippen LogP contribution in [0.4, 0.5) is 11.4 Å². The van der Waals surface area contributed by atoms with Crippen molar-refractivity contribution in [3.05, 3.63) is 52.5 Å². The van der Waals surface area contributed by atoms with Gasteiger partial charge in [-0.15, -0.1) is 11.3 Å². The highest BCUT2D eigenvalue weighted by Crippen LogP contribution is 2.30. The maximum atomic E-state index is 12.5. The fourth-order valence-electron chi connectivity index (χ4n) is 3.14. The van der Waals surface area contributed by atoms with Crippen molar-refractivity contribution in [1.82, 2.24) is 4.98 Å². The van der Waals surface area contributed by atoms with Crippen LogP contribution in [0.15, 0.2) is 42.5 Å². The molecule has 3 aromatic rings. The lowest BCUT2D eigenvalue weighted by molar-refractivity contribution is -0.122. The Hall–Kier alpha value is -2.44. The van der Waals surface area contributed by atoms with E-state index in [-0.39, 0.29) is 18.2 Å². The molecule has 0 saturated carbocycles. The first kappa shape index (κ1) is 17.0. The zero-order valence-electron chi connectivity index (χ0n) is 14.0. The topological polar surface area (TPSA) is 62.3 Å². The van der Waals surface area contributed by atoms with E-state index < -0.39 is 5.92 Å². The van der Waals surface area contributed by atoms with Crippen molar-refractivity contribution >= 4 is 56.3 Å². The Morgan fingerprint density at radius 2 is 2.15 bits per heavy atom. The van der Waals surface area contributed by atoms with Crippen molar-refractivity contribution in [1.29, 1.82) is 0 Å². The van der Waals surface area contributed by atoms with Gasteiger partial charge >= 0.3 is 0 Å². The van der Waals surface area contributed by atoms with E-state index in [1.165, 1.54) is 0 Å². The summed E-state index contributed by atoms with van der Waals surface area (Å²) in [6.07, 6.45) is 0.195. The third-order valence-corrected chi connectivity index (χ3v) is 5.56. The first-order valence-corrected chi connectivity index (χ1v) is 9.43. The highest BCUT2D eigenvalue weighted by atomic mass is 35.5. The molecule has 1 unspecified atom stereocenters. The van der Waals surface area contributed by atoms with Gasteiger partial charge in [-0.1, -0.05) is 17.7 Å². The van der Waals surface area contributed by atoms with E-state index in [0.29, 0.717) is 17.3 Å². The Balaban J connectivity index is 1.51. The summed E-state index contributed by atoms with van der Waals surface area (Å²) in [5, 5.41) is 4.38. The lowest BCUT2D eigenvalue weighted by Gasteiger charge is -2.16. The molecule has 0 aliphatic carbocycles. The minimum Gasteiger partial charge on any atom is -0.326 e. The first-order valence-electron chi connectivity index (χ1n) is 8.23. The number of thiazole rings is 1. The van der Waals surface area contributed by atoms with Crippen LogP contribution in [-0.2, 0) is 9.59 Å². The summed E-state index contributed by atoms with van der Waals surface area (Å²) >= 11 is 7.57. The Labute approximate surface area is 159 Å². The number of halogens is 1. The Morgan fingerprint density at radius 3 is 2.96 bits per heavy atom. The average Bonchev–Trinajstić information content (AvgIpc) is 3.16. The minimum absolute atomic E-state index is 0.0532. The van der Waals surface area contributed by atoms with Crippen LogP contribution in [0.25, 0.3) is 10.2 Å². The number of rotatable bonds is 3. The molecule has 26 heavy (non-hydrogen) atoms. The number of nitrogens with zero attached hydrogens (tertiary/aromatic N) is 2. The zero-order chi connectivity index (χ0) is 18.3. The van der Waals surface area contributed by atoms with E-state index in [4.69, 9.17) is 11.6 Å².